The fourth-order valence-corrected chi connectivity index (χ4v) is 1.89. The van der Waals surface area contributed by atoms with Crippen LogP contribution in [-0.2, 0) is 9.30 Å². The van der Waals surface area contributed by atoms with Crippen LogP contribution in [-0.4, -0.2) is 41.2 Å². The second-order valence-electron chi connectivity index (χ2n) is 4.18. The Morgan fingerprint density at radius 3 is 2.50 bits per heavy atom. The number of hydrogen-bond donors (Lipinski definition) is 4. The Morgan fingerprint density at radius 2 is 1.94 bits per heavy atom. The van der Waals surface area contributed by atoms with E-state index in [1.165, 1.54) is 0 Å². The summed E-state index contributed by atoms with van der Waals surface area (Å²) in [4.78, 5) is 28.4. The Hall–Kier alpha value is -0.620. The van der Waals surface area contributed by atoms with Crippen molar-refractivity contribution in [2.75, 3.05) is 19.3 Å². The summed E-state index contributed by atoms with van der Waals surface area (Å²) in [6.07, 6.45) is 1.95. The number of carbonyl (C=O) groups excluding carboxylic acids is 1. The topological polar surface area (TPSA) is 122 Å². The van der Waals surface area contributed by atoms with Gasteiger partial charge in [0, 0.05) is 19.3 Å². The van der Waals surface area contributed by atoms with E-state index >= 15 is 0 Å². The van der Waals surface area contributed by atoms with Crippen molar-refractivity contribution in [2.45, 2.75) is 38.7 Å². The lowest BCUT2D eigenvalue weighted by Gasteiger charge is -2.11. The molecule has 5 N–H and O–H groups in total. The number of rotatable bonds is 9. The first kappa shape index (κ1) is 17.4. The zero-order valence-electron chi connectivity index (χ0n) is 10.7. The molecule has 0 heterocycles. The molecular formula is C10H23N2O5P. The molecule has 0 aromatic heterocycles. The molecule has 0 bridgehead atoms. The summed E-state index contributed by atoms with van der Waals surface area (Å²) in [6.45, 7) is 2.49. The summed E-state index contributed by atoms with van der Waals surface area (Å²) in [7, 11) is -3.86. The summed E-state index contributed by atoms with van der Waals surface area (Å²) in [5.41, 5.74) is 5.30. The van der Waals surface area contributed by atoms with Gasteiger partial charge in [-0.1, -0.05) is 12.8 Å². The first-order valence-electron chi connectivity index (χ1n) is 6.04. The molecule has 0 saturated heterocycles. The summed E-state index contributed by atoms with van der Waals surface area (Å²) in [5, 5.41) is 2.58. The van der Waals surface area contributed by atoms with E-state index in [9.17, 15) is 9.36 Å². The average molecular weight is 282 g/mol. The minimum atomic E-state index is -3.86. The molecule has 0 aromatic rings. The van der Waals surface area contributed by atoms with Crippen LogP contribution in [0, 0.1) is 0 Å². The van der Waals surface area contributed by atoms with Crippen LogP contribution < -0.4 is 11.1 Å². The largest absolute Gasteiger partial charge is 0.445 e. The molecule has 0 unspecified atom stereocenters. The maximum absolute atomic E-state index is 11.1. The second kappa shape index (κ2) is 9.33. The number of nitrogens with one attached hydrogen (secondary N) is 1. The highest BCUT2D eigenvalue weighted by molar-refractivity contribution is 7.51. The standard InChI is InChI=1S/C10H23N2O5P/c1-9(8-11)17-10(13)12-6-4-2-3-5-7-18(14,15)16/h9H,2-8,11H2,1H3,(H,12,13)(H2,14,15,16)/t9-/m0/s1. The lowest BCUT2D eigenvalue weighted by molar-refractivity contribution is 0.110. The van der Waals surface area contributed by atoms with E-state index in [4.69, 9.17) is 20.3 Å². The van der Waals surface area contributed by atoms with Crippen molar-refractivity contribution in [3.05, 3.63) is 0 Å². The maximum Gasteiger partial charge on any atom is 0.407 e. The Bertz CT molecular complexity index is 281. The van der Waals surface area contributed by atoms with Crippen LogP contribution in [0.4, 0.5) is 4.79 Å². The Balaban J connectivity index is 3.35. The molecule has 0 radical (unpaired) electrons. The second-order valence-corrected chi connectivity index (χ2v) is 5.96. The molecule has 0 fully saturated rings. The van der Waals surface area contributed by atoms with Gasteiger partial charge in [-0.05, 0) is 19.8 Å². The van der Waals surface area contributed by atoms with Gasteiger partial charge in [0.1, 0.15) is 6.10 Å². The van der Waals surface area contributed by atoms with Crippen molar-refractivity contribution >= 4 is 13.7 Å². The van der Waals surface area contributed by atoms with E-state index in [0.29, 0.717) is 13.0 Å². The highest BCUT2D eigenvalue weighted by atomic mass is 31.2. The number of nitrogens with two attached hydrogens (primary N) is 1. The Kier molecular flexibility index (Phi) is 9.01. The molecule has 1 amide bonds. The van der Waals surface area contributed by atoms with E-state index < -0.39 is 13.7 Å². The lowest BCUT2D eigenvalue weighted by atomic mass is 10.2. The van der Waals surface area contributed by atoms with Crippen molar-refractivity contribution in [1.82, 2.24) is 5.32 Å². The summed E-state index contributed by atoms with van der Waals surface area (Å²) in [6, 6.07) is 0. The van der Waals surface area contributed by atoms with Crippen molar-refractivity contribution in [3.8, 4) is 0 Å². The van der Waals surface area contributed by atoms with E-state index in [2.05, 4.69) is 5.32 Å². The summed E-state index contributed by atoms with van der Waals surface area (Å²) in [5.74, 6) is 0. The average Bonchev–Trinajstić information content (AvgIpc) is 2.26. The van der Waals surface area contributed by atoms with E-state index in [1.54, 1.807) is 6.92 Å². The molecule has 1 atom stereocenters. The molecule has 18 heavy (non-hydrogen) atoms. The van der Waals surface area contributed by atoms with Crippen molar-refractivity contribution in [3.63, 3.8) is 0 Å². The number of amides is 1. The van der Waals surface area contributed by atoms with Gasteiger partial charge < -0.3 is 25.6 Å². The van der Waals surface area contributed by atoms with Gasteiger partial charge in [-0.3, -0.25) is 4.57 Å². The van der Waals surface area contributed by atoms with Crippen LogP contribution >= 0.6 is 7.60 Å². The predicted octanol–water partition coefficient (Wildman–Crippen LogP) is 0.798. The van der Waals surface area contributed by atoms with Gasteiger partial charge in [-0.2, -0.15) is 0 Å². The zero-order chi connectivity index (χ0) is 14.0. The maximum atomic E-state index is 11.1. The molecule has 0 aromatic carbocycles. The van der Waals surface area contributed by atoms with Gasteiger partial charge in [-0.15, -0.1) is 0 Å². The predicted molar refractivity (Wildman–Crippen MR) is 68.4 cm³/mol. The Morgan fingerprint density at radius 1 is 1.33 bits per heavy atom. The number of carbonyl (C=O) groups is 1. The minimum Gasteiger partial charge on any atom is -0.445 e. The summed E-state index contributed by atoms with van der Waals surface area (Å²) < 4.78 is 15.4. The number of hydrogen-bond acceptors (Lipinski definition) is 4. The lowest BCUT2D eigenvalue weighted by Crippen LogP contribution is -2.31. The normalized spacial score (nSPS) is 13.1. The highest BCUT2D eigenvalue weighted by Crippen LogP contribution is 2.35. The fourth-order valence-electron chi connectivity index (χ4n) is 1.26. The van der Waals surface area contributed by atoms with Crippen molar-refractivity contribution in [1.29, 1.82) is 0 Å². The zero-order valence-corrected chi connectivity index (χ0v) is 11.6. The smallest absolute Gasteiger partial charge is 0.407 e. The molecule has 0 saturated carbocycles. The van der Waals surface area contributed by atoms with Gasteiger partial charge in [0.15, 0.2) is 0 Å². The molecule has 0 spiro atoms. The van der Waals surface area contributed by atoms with Crippen LogP contribution in [0.1, 0.15) is 32.6 Å². The first-order chi connectivity index (χ1) is 8.35. The molecule has 8 heteroatoms. The molecule has 0 aliphatic carbocycles. The van der Waals surface area contributed by atoms with E-state index in [-0.39, 0.29) is 18.8 Å². The Labute approximate surface area is 107 Å². The van der Waals surface area contributed by atoms with Crippen molar-refractivity contribution in [2.24, 2.45) is 5.73 Å². The molecule has 0 rings (SSSR count). The molecular weight excluding hydrogens is 259 g/mol. The minimum absolute atomic E-state index is 0.0729. The van der Waals surface area contributed by atoms with Crippen LogP contribution in [0.5, 0.6) is 0 Å². The third-order valence-corrected chi connectivity index (χ3v) is 3.18. The summed E-state index contributed by atoms with van der Waals surface area (Å²) >= 11 is 0. The van der Waals surface area contributed by atoms with E-state index in [0.717, 1.165) is 19.3 Å². The molecule has 7 nitrogen and oxygen atoms in total. The van der Waals surface area contributed by atoms with Gasteiger partial charge in [0.25, 0.3) is 0 Å². The number of unbranched alkanes of at least 4 members (excludes halogenated alkanes) is 3. The van der Waals surface area contributed by atoms with Gasteiger partial charge in [-0.25, -0.2) is 4.79 Å². The number of alkyl carbamates (subject to hydrolysis) is 1. The van der Waals surface area contributed by atoms with Crippen LogP contribution in [0.25, 0.3) is 0 Å². The van der Waals surface area contributed by atoms with Gasteiger partial charge in [0.05, 0.1) is 0 Å². The SMILES string of the molecule is C[C@@H](CN)OC(=O)NCCCCCCP(=O)(O)O. The first-order valence-corrected chi connectivity index (χ1v) is 7.84. The fraction of sp³-hybridized carbons (Fsp3) is 0.900. The third-order valence-electron chi connectivity index (χ3n) is 2.29. The number of ether oxygens (including phenoxy) is 1. The highest BCUT2D eigenvalue weighted by Gasteiger charge is 2.11. The quantitative estimate of drug-likeness (QED) is 0.366. The molecule has 0 aliphatic heterocycles. The third kappa shape index (κ3) is 11.9. The van der Waals surface area contributed by atoms with Crippen LogP contribution in [0.3, 0.4) is 0 Å². The molecule has 0 aliphatic rings. The van der Waals surface area contributed by atoms with Gasteiger partial charge >= 0.3 is 13.7 Å². The van der Waals surface area contributed by atoms with Gasteiger partial charge in [0.2, 0.25) is 0 Å². The van der Waals surface area contributed by atoms with Crippen LogP contribution in [0.15, 0.2) is 0 Å². The molecule has 108 valence electrons. The van der Waals surface area contributed by atoms with Crippen molar-refractivity contribution < 1.29 is 23.9 Å². The monoisotopic (exact) mass is 282 g/mol. The van der Waals surface area contributed by atoms with E-state index in [1.807, 2.05) is 0 Å². The van der Waals surface area contributed by atoms with Crippen LogP contribution in [0.2, 0.25) is 0 Å².